The van der Waals surface area contributed by atoms with Crippen LogP contribution in [0.25, 0.3) is 0 Å². The number of phenols is 1. The highest BCUT2D eigenvalue weighted by molar-refractivity contribution is 7.89. The number of phenolic OH excluding ortho intramolecular Hbond substituents is 1. The summed E-state index contributed by atoms with van der Waals surface area (Å²) >= 11 is 0. The summed E-state index contributed by atoms with van der Waals surface area (Å²) in [5.41, 5.74) is -0.333. The first-order valence-electron chi connectivity index (χ1n) is 10.5. The van der Waals surface area contributed by atoms with Crippen molar-refractivity contribution in [2.24, 2.45) is 0 Å². The van der Waals surface area contributed by atoms with Crippen LogP contribution in [0, 0.1) is 0 Å². The predicted molar refractivity (Wildman–Crippen MR) is 114 cm³/mol. The van der Waals surface area contributed by atoms with Gasteiger partial charge in [-0.15, -0.1) is 0 Å². The third kappa shape index (κ3) is 5.02. The van der Waals surface area contributed by atoms with E-state index < -0.39 is 50.7 Å². The zero-order chi connectivity index (χ0) is 24.7. The molecule has 0 unspecified atom stereocenters. The number of carbonyl (C=O) groups excluding carboxylic acids is 2. The lowest BCUT2D eigenvalue weighted by molar-refractivity contribution is -0.151. The fourth-order valence-corrected chi connectivity index (χ4v) is 5.58. The van der Waals surface area contributed by atoms with Crippen molar-refractivity contribution in [1.82, 2.24) is 14.9 Å². The van der Waals surface area contributed by atoms with Crippen molar-refractivity contribution in [2.45, 2.75) is 48.5 Å². The quantitative estimate of drug-likeness (QED) is 0.583. The number of hydrogen-bond acceptors (Lipinski definition) is 5. The highest BCUT2D eigenvalue weighted by atomic mass is 32.2. The summed E-state index contributed by atoms with van der Waals surface area (Å²) in [7, 11) is -4.27. The number of piperidine rings is 1. The van der Waals surface area contributed by atoms with E-state index in [1.54, 1.807) is 12.1 Å². The highest BCUT2D eigenvalue weighted by Gasteiger charge is 2.44. The second-order valence-corrected chi connectivity index (χ2v) is 10.1. The molecule has 34 heavy (non-hydrogen) atoms. The molecule has 2 aromatic rings. The van der Waals surface area contributed by atoms with Crippen LogP contribution < -0.4 is 10.0 Å². The maximum Gasteiger partial charge on any atom is 0.416 e. The van der Waals surface area contributed by atoms with Crippen molar-refractivity contribution >= 4 is 21.8 Å². The van der Waals surface area contributed by atoms with Crippen molar-refractivity contribution in [3.8, 4) is 5.75 Å². The van der Waals surface area contributed by atoms with E-state index in [0.29, 0.717) is 6.07 Å². The van der Waals surface area contributed by atoms with Gasteiger partial charge in [-0.25, -0.2) is 13.1 Å². The molecule has 0 aliphatic carbocycles. The van der Waals surface area contributed by atoms with Crippen LogP contribution in [0.5, 0.6) is 5.75 Å². The molecular formula is C22H22F3N3O5S. The number of hydrogen-bond donors (Lipinski definition) is 3. The maximum atomic E-state index is 13.0. The largest absolute Gasteiger partial charge is 0.508 e. The number of benzene rings is 2. The number of amides is 2. The molecule has 0 bridgehead atoms. The summed E-state index contributed by atoms with van der Waals surface area (Å²) in [6.45, 7) is 0.124. The van der Waals surface area contributed by atoms with Crippen LogP contribution in [-0.4, -0.2) is 54.9 Å². The van der Waals surface area contributed by atoms with Gasteiger partial charge in [-0.1, -0.05) is 18.2 Å². The van der Waals surface area contributed by atoms with Crippen molar-refractivity contribution in [3.63, 3.8) is 0 Å². The van der Waals surface area contributed by atoms with Crippen molar-refractivity contribution in [3.05, 3.63) is 59.7 Å². The molecule has 0 aromatic heterocycles. The molecule has 2 aromatic carbocycles. The van der Waals surface area contributed by atoms with Gasteiger partial charge in [-0.2, -0.15) is 13.2 Å². The number of piperazine rings is 1. The second kappa shape index (κ2) is 8.91. The minimum absolute atomic E-state index is 0.00168. The fraction of sp³-hybridized carbons (Fsp3) is 0.364. The molecule has 3 atom stereocenters. The summed E-state index contributed by atoms with van der Waals surface area (Å²) in [5, 5.41) is 12.1. The van der Waals surface area contributed by atoms with E-state index in [4.69, 9.17) is 0 Å². The topological polar surface area (TPSA) is 116 Å². The number of carbonyl (C=O) groups is 2. The summed E-state index contributed by atoms with van der Waals surface area (Å²) in [4.78, 5) is 26.5. The van der Waals surface area contributed by atoms with E-state index in [1.165, 1.54) is 17.0 Å². The summed E-state index contributed by atoms with van der Waals surface area (Å²) in [6, 6.07) is 7.28. The van der Waals surface area contributed by atoms with Gasteiger partial charge in [0.1, 0.15) is 17.8 Å². The highest BCUT2D eigenvalue weighted by Crippen LogP contribution is 2.31. The Morgan fingerprint density at radius 2 is 1.82 bits per heavy atom. The van der Waals surface area contributed by atoms with Gasteiger partial charge in [-0.3, -0.25) is 9.59 Å². The second-order valence-electron chi connectivity index (χ2n) is 8.35. The molecule has 0 saturated carbocycles. The number of nitrogens with zero attached hydrogens (tertiary/aromatic N) is 1. The minimum Gasteiger partial charge on any atom is -0.508 e. The van der Waals surface area contributed by atoms with Gasteiger partial charge >= 0.3 is 6.18 Å². The van der Waals surface area contributed by atoms with E-state index in [2.05, 4.69) is 10.0 Å². The normalized spacial score (nSPS) is 23.4. The molecule has 2 heterocycles. The first kappa shape index (κ1) is 24.0. The Morgan fingerprint density at radius 3 is 2.50 bits per heavy atom. The van der Waals surface area contributed by atoms with Gasteiger partial charge in [-0.05, 0) is 48.7 Å². The van der Waals surface area contributed by atoms with Gasteiger partial charge in [0.2, 0.25) is 21.8 Å². The summed E-state index contributed by atoms with van der Waals surface area (Å²) < 4.78 is 66.6. The van der Waals surface area contributed by atoms with Gasteiger partial charge in [0.25, 0.3) is 0 Å². The molecular weight excluding hydrogens is 475 g/mol. The number of nitrogens with one attached hydrogen (secondary N) is 2. The fourth-order valence-electron chi connectivity index (χ4n) is 4.25. The van der Waals surface area contributed by atoms with Crippen LogP contribution in [0.3, 0.4) is 0 Å². The van der Waals surface area contributed by atoms with Gasteiger partial charge in [0.05, 0.1) is 10.5 Å². The molecule has 2 amide bonds. The lowest BCUT2D eigenvalue weighted by atomic mass is 9.92. The van der Waals surface area contributed by atoms with E-state index in [-0.39, 0.29) is 37.5 Å². The Bertz CT molecular complexity index is 1200. The number of sulfonamides is 1. The van der Waals surface area contributed by atoms with E-state index in [9.17, 15) is 36.3 Å². The number of alkyl halides is 3. The smallest absolute Gasteiger partial charge is 0.416 e. The predicted octanol–water partition coefficient (Wildman–Crippen LogP) is 1.79. The number of rotatable bonds is 5. The van der Waals surface area contributed by atoms with Crippen LogP contribution >= 0.6 is 0 Å². The lowest BCUT2D eigenvalue weighted by Crippen LogP contribution is -2.67. The molecule has 0 spiro atoms. The Labute approximate surface area is 193 Å². The standard InChI is InChI=1S/C22H22F3N3O5S/c23-22(24,25)14-2-1-3-17(11-14)34(32,33)27-15-8-9-28-19(12-15)20(30)26-18(21(28)31)10-13-4-6-16(29)7-5-13/h1-7,11,15,18-19,27,29H,8-10,12H2,(H,26,30)/t15-,18+,19-/m0/s1. The summed E-state index contributed by atoms with van der Waals surface area (Å²) in [5.74, 6) is -0.638. The molecule has 182 valence electrons. The van der Waals surface area contributed by atoms with Crippen molar-refractivity contribution < 1.29 is 36.3 Å². The molecule has 2 fully saturated rings. The zero-order valence-electron chi connectivity index (χ0n) is 17.7. The van der Waals surface area contributed by atoms with E-state index in [0.717, 1.165) is 23.8 Å². The first-order chi connectivity index (χ1) is 15.9. The van der Waals surface area contributed by atoms with Crippen LogP contribution in [0.15, 0.2) is 53.4 Å². The minimum atomic E-state index is -4.69. The Hall–Kier alpha value is -3.12. The monoisotopic (exact) mass is 497 g/mol. The molecule has 12 heteroatoms. The Balaban J connectivity index is 1.43. The number of aromatic hydroxyl groups is 1. The molecule has 4 rings (SSSR count). The van der Waals surface area contributed by atoms with Crippen LogP contribution in [0.1, 0.15) is 24.0 Å². The number of fused-ring (bicyclic) bond motifs is 1. The number of halogens is 3. The molecule has 2 aliphatic heterocycles. The van der Waals surface area contributed by atoms with Gasteiger partial charge in [0, 0.05) is 19.0 Å². The van der Waals surface area contributed by atoms with Crippen LogP contribution in [0.2, 0.25) is 0 Å². The Morgan fingerprint density at radius 1 is 1.12 bits per heavy atom. The molecule has 2 aliphatic rings. The lowest BCUT2D eigenvalue weighted by Gasteiger charge is -2.44. The van der Waals surface area contributed by atoms with E-state index >= 15 is 0 Å². The van der Waals surface area contributed by atoms with Crippen molar-refractivity contribution in [2.75, 3.05) is 6.54 Å². The average Bonchev–Trinajstić information content (AvgIpc) is 2.78. The zero-order valence-corrected chi connectivity index (χ0v) is 18.6. The first-order valence-corrected chi connectivity index (χ1v) is 12.0. The SMILES string of the molecule is O=C1N[C@H](Cc2ccc(O)cc2)C(=O)N2CC[C@H](NS(=O)(=O)c3cccc(C(F)(F)F)c3)C[C@@H]12. The molecule has 3 N–H and O–H groups in total. The molecule has 0 radical (unpaired) electrons. The van der Waals surface area contributed by atoms with Gasteiger partial charge < -0.3 is 15.3 Å². The average molecular weight is 497 g/mol. The Kier molecular flexibility index (Phi) is 6.30. The molecule has 2 saturated heterocycles. The summed E-state index contributed by atoms with van der Waals surface area (Å²) in [6.07, 6.45) is -4.24. The maximum absolute atomic E-state index is 13.0. The van der Waals surface area contributed by atoms with Crippen molar-refractivity contribution in [1.29, 1.82) is 0 Å². The molecule has 8 nitrogen and oxygen atoms in total. The van der Waals surface area contributed by atoms with Crippen LogP contribution in [-0.2, 0) is 32.2 Å². The third-order valence-corrected chi connectivity index (χ3v) is 7.49. The van der Waals surface area contributed by atoms with E-state index in [1.807, 2.05) is 0 Å². The third-order valence-electron chi connectivity index (χ3n) is 5.97. The van der Waals surface area contributed by atoms with Gasteiger partial charge in [0.15, 0.2) is 0 Å². The van der Waals surface area contributed by atoms with Crippen LogP contribution in [0.4, 0.5) is 13.2 Å².